The van der Waals surface area contributed by atoms with Crippen LogP contribution in [0.15, 0.2) is 0 Å². The lowest BCUT2D eigenvalue weighted by Gasteiger charge is -1.99. The van der Waals surface area contributed by atoms with Gasteiger partial charge in [0.05, 0.1) is 6.42 Å². The van der Waals surface area contributed by atoms with Crippen LogP contribution in [0, 0.1) is 0 Å². The summed E-state index contributed by atoms with van der Waals surface area (Å²) in [6.07, 6.45) is -0.532. The summed E-state index contributed by atoms with van der Waals surface area (Å²) in [5, 5.41) is 16.0. The van der Waals surface area contributed by atoms with E-state index in [0.29, 0.717) is 0 Å². The van der Waals surface area contributed by atoms with Gasteiger partial charge in [0.2, 0.25) is 0 Å². The molecule has 0 rings (SSSR count). The molecule has 0 aliphatic rings. The van der Waals surface area contributed by atoms with Crippen molar-refractivity contribution in [3.8, 4) is 0 Å². The van der Waals surface area contributed by atoms with Crippen molar-refractivity contribution in [1.82, 2.24) is 0 Å². The minimum absolute atomic E-state index is 0. The minimum atomic E-state index is -1.29. The maximum atomic E-state index is 9.85. The maximum Gasteiger partial charge on any atom is 0.321 e. The van der Waals surface area contributed by atoms with Crippen LogP contribution in [0.25, 0.3) is 0 Å². The van der Waals surface area contributed by atoms with E-state index in [1.54, 1.807) is 0 Å². The van der Waals surface area contributed by atoms with E-state index in [-0.39, 0.29) is 9.90 Å². The zero-order chi connectivity index (χ0) is 7.44. The molecule has 0 fully saturated rings. The van der Waals surface area contributed by atoms with E-state index in [1.807, 2.05) is 0 Å². The molecule has 0 radical (unpaired) electrons. The first-order valence-corrected chi connectivity index (χ1v) is 2.24. The molecule has 10 heavy (non-hydrogen) atoms. The van der Waals surface area contributed by atoms with Gasteiger partial charge in [-0.15, -0.1) is 0 Å². The molecule has 0 aromatic rings. The third-order valence-corrected chi connectivity index (χ3v) is 0.712. The SMILES string of the molecule is NC(CC(=O)O)C(=O)O.P. The third-order valence-electron chi connectivity index (χ3n) is 0.712. The monoisotopic (exact) mass is 167 g/mol. The van der Waals surface area contributed by atoms with E-state index >= 15 is 0 Å². The number of rotatable bonds is 3. The van der Waals surface area contributed by atoms with Crippen molar-refractivity contribution in [3.05, 3.63) is 0 Å². The Morgan fingerprint density at radius 3 is 1.90 bits per heavy atom. The summed E-state index contributed by atoms with van der Waals surface area (Å²) in [6, 6.07) is -1.29. The Labute approximate surface area is 60.8 Å². The van der Waals surface area contributed by atoms with Crippen molar-refractivity contribution < 1.29 is 19.8 Å². The number of carbonyl (C=O) groups is 2. The lowest BCUT2D eigenvalue weighted by molar-refractivity contribution is -0.144. The summed E-state index contributed by atoms with van der Waals surface area (Å²) in [7, 11) is 0. The fourth-order valence-electron chi connectivity index (χ4n) is 0.275. The lowest BCUT2D eigenvalue weighted by Crippen LogP contribution is -2.32. The molecule has 0 aromatic carbocycles. The molecule has 0 saturated carbocycles. The molecule has 0 aliphatic carbocycles. The van der Waals surface area contributed by atoms with Gasteiger partial charge in [0.1, 0.15) is 6.04 Å². The van der Waals surface area contributed by atoms with Crippen molar-refractivity contribution in [2.75, 3.05) is 0 Å². The Morgan fingerprint density at radius 2 is 1.80 bits per heavy atom. The highest BCUT2D eigenvalue weighted by atomic mass is 31.0. The van der Waals surface area contributed by atoms with Gasteiger partial charge in [0, 0.05) is 0 Å². The fourth-order valence-corrected chi connectivity index (χ4v) is 0.275. The summed E-state index contributed by atoms with van der Waals surface area (Å²) in [5.41, 5.74) is 4.84. The van der Waals surface area contributed by atoms with Gasteiger partial charge < -0.3 is 15.9 Å². The van der Waals surface area contributed by atoms with Gasteiger partial charge in [-0.1, -0.05) is 0 Å². The number of nitrogens with two attached hydrogens (primary N) is 1. The second kappa shape index (κ2) is 5.14. The van der Waals surface area contributed by atoms with Crippen molar-refractivity contribution in [3.63, 3.8) is 0 Å². The largest absolute Gasteiger partial charge is 0.481 e. The lowest BCUT2D eigenvalue weighted by atomic mass is 10.2. The molecule has 0 spiro atoms. The van der Waals surface area contributed by atoms with Crippen molar-refractivity contribution >= 4 is 21.8 Å². The van der Waals surface area contributed by atoms with E-state index in [0.717, 1.165) is 0 Å². The van der Waals surface area contributed by atoms with Gasteiger partial charge in [0.15, 0.2) is 0 Å². The van der Waals surface area contributed by atoms with Crippen molar-refractivity contribution in [1.29, 1.82) is 0 Å². The molecule has 0 saturated heterocycles. The quantitative estimate of drug-likeness (QED) is 0.464. The van der Waals surface area contributed by atoms with Crippen molar-refractivity contribution in [2.45, 2.75) is 12.5 Å². The third kappa shape index (κ3) is 5.47. The Hall–Kier alpha value is -0.670. The minimum Gasteiger partial charge on any atom is -0.481 e. The van der Waals surface area contributed by atoms with Crippen molar-refractivity contribution in [2.24, 2.45) is 5.73 Å². The van der Waals surface area contributed by atoms with Crippen LogP contribution >= 0.6 is 9.90 Å². The molecule has 60 valence electrons. The molecule has 0 bridgehead atoms. The van der Waals surface area contributed by atoms with Crippen LogP contribution < -0.4 is 5.73 Å². The molecule has 0 aromatic heterocycles. The molecule has 0 heterocycles. The van der Waals surface area contributed by atoms with Gasteiger partial charge in [-0.3, -0.25) is 9.59 Å². The molecular formula is C4H10NO4P. The second-order valence-corrected chi connectivity index (χ2v) is 1.54. The van der Waals surface area contributed by atoms with Crippen LogP contribution in [0.5, 0.6) is 0 Å². The molecule has 0 aliphatic heterocycles. The van der Waals surface area contributed by atoms with Gasteiger partial charge in [-0.05, 0) is 0 Å². The first-order valence-electron chi connectivity index (χ1n) is 2.24. The number of aliphatic carboxylic acids is 2. The average molecular weight is 167 g/mol. The highest BCUT2D eigenvalue weighted by Gasteiger charge is 2.14. The van der Waals surface area contributed by atoms with Gasteiger partial charge in [0.25, 0.3) is 0 Å². The fraction of sp³-hybridized carbons (Fsp3) is 0.500. The topological polar surface area (TPSA) is 101 Å². The summed E-state index contributed by atoms with van der Waals surface area (Å²) in [6.45, 7) is 0. The second-order valence-electron chi connectivity index (χ2n) is 1.54. The van der Waals surface area contributed by atoms with Gasteiger partial charge in [-0.25, -0.2) is 0 Å². The number of hydrogen-bond acceptors (Lipinski definition) is 3. The van der Waals surface area contributed by atoms with E-state index < -0.39 is 24.4 Å². The summed E-state index contributed by atoms with van der Waals surface area (Å²) >= 11 is 0. The van der Waals surface area contributed by atoms with Crippen LogP contribution in [-0.4, -0.2) is 28.2 Å². The maximum absolute atomic E-state index is 9.85. The molecule has 2 unspecified atom stereocenters. The van der Waals surface area contributed by atoms with E-state index in [9.17, 15) is 9.59 Å². The molecule has 5 nitrogen and oxygen atoms in total. The molecule has 0 amide bonds. The van der Waals surface area contributed by atoms with E-state index in [4.69, 9.17) is 15.9 Å². The number of carboxylic acid groups (broad SMARTS) is 2. The highest BCUT2D eigenvalue weighted by molar-refractivity contribution is 6.92. The predicted molar refractivity (Wildman–Crippen MR) is 39.0 cm³/mol. The summed E-state index contributed by atoms with van der Waals surface area (Å²) in [4.78, 5) is 19.6. The molecule has 2 atom stereocenters. The van der Waals surface area contributed by atoms with E-state index in [1.165, 1.54) is 0 Å². The zero-order valence-electron chi connectivity index (χ0n) is 5.28. The molecular weight excluding hydrogens is 157 g/mol. The molecule has 6 heteroatoms. The van der Waals surface area contributed by atoms with Gasteiger partial charge >= 0.3 is 11.9 Å². The number of carboxylic acids is 2. The Kier molecular flexibility index (Phi) is 6.20. The zero-order valence-corrected chi connectivity index (χ0v) is 6.69. The molecule has 4 N–H and O–H groups in total. The van der Waals surface area contributed by atoms with Gasteiger partial charge in [-0.2, -0.15) is 9.90 Å². The van der Waals surface area contributed by atoms with Crippen LogP contribution in [0.3, 0.4) is 0 Å². The normalized spacial score (nSPS) is 11.3. The van der Waals surface area contributed by atoms with Crippen LogP contribution in [-0.2, 0) is 9.59 Å². The Balaban J connectivity index is 0. The summed E-state index contributed by atoms with van der Waals surface area (Å²) in [5.74, 6) is -2.50. The van der Waals surface area contributed by atoms with Crippen LogP contribution in [0.1, 0.15) is 6.42 Å². The Bertz CT molecular complexity index is 137. The average Bonchev–Trinajstić information content (AvgIpc) is 1.63. The standard InChI is InChI=1S/C4H7NO4.H3P/c5-2(4(8)9)1-3(6)7;/h2H,1,5H2,(H,6,7)(H,8,9);1H3. The summed E-state index contributed by atoms with van der Waals surface area (Å²) < 4.78 is 0. The van der Waals surface area contributed by atoms with Crippen LogP contribution in [0.4, 0.5) is 0 Å². The van der Waals surface area contributed by atoms with E-state index in [2.05, 4.69) is 0 Å². The first kappa shape index (κ1) is 12.0. The smallest absolute Gasteiger partial charge is 0.321 e. The predicted octanol–water partition coefficient (Wildman–Crippen LogP) is -1.07. The highest BCUT2D eigenvalue weighted by Crippen LogP contribution is 1.86. The van der Waals surface area contributed by atoms with Crippen LogP contribution in [0.2, 0.25) is 0 Å². The first-order chi connectivity index (χ1) is 4.04. The number of hydrogen-bond donors (Lipinski definition) is 3. The Morgan fingerprint density at radius 1 is 1.40 bits per heavy atom.